The van der Waals surface area contributed by atoms with Crippen molar-refractivity contribution in [1.82, 2.24) is 19.9 Å². The van der Waals surface area contributed by atoms with Gasteiger partial charge in [0.15, 0.2) is 5.65 Å². The molecule has 36 heavy (non-hydrogen) atoms. The fraction of sp³-hybridized carbons (Fsp3) is 0.375. The Morgan fingerprint density at radius 3 is 2.69 bits per heavy atom. The topological polar surface area (TPSA) is 148 Å². The Morgan fingerprint density at radius 1 is 1.31 bits per heavy atom. The van der Waals surface area contributed by atoms with Gasteiger partial charge in [-0.1, -0.05) is 11.6 Å². The molecule has 3 N–H and O–H groups in total. The summed E-state index contributed by atoms with van der Waals surface area (Å²) in [7, 11) is 1.51. The maximum atomic E-state index is 12.9. The van der Waals surface area contributed by atoms with Crippen molar-refractivity contribution >= 4 is 40.8 Å². The van der Waals surface area contributed by atoms with Crippen LogP contribution in [0.5, 0.6) is 0 Å². The van der Waals surface area contributed by atoms with Gasteiger partial charge < -0.3 is 20.5 Å². The quantitative estimate of drug-likeness (QED) is 0.360. The summed E-state index contributed by atoms with van der Waals surface area (Å²) >= 11 is 6.19. The standard InChI is InChI=1S/C24H28ClN7O4/c1-14(12-35-13-16-6-15(10-26)7-17(27)8-16)29-22(33)18-11-28-32-20(9-19(25)30-21(18)32)31(5)23(34)36-24(2,3)4/h6-9,11,14H,12-13,27H2,1-5H3,(H,29,33)/t14-/m1/s1. The molecule has 0 aliphatic carbocycles. The van der Waals surface area contributed by atoms with Gasteiger partial charge in [0.1, 0.15) is 22.1 Å². The number of nitrogen functional groups attached to an aromatic ring is 1. The monoisotopic (exact) mass is 513 g/mol. The Morgan fingerprint density at radius 2 is 2.03 bits per heavy atom. The Labute approximate surface area is 213 Å². The molecule has 0 saturated heterocycles. The molecule has 1 aromatic carbocycles. The lowest BCUT2D eigenvalue weighted by Gasteiger charge is -2.24. The molecular weight excluding hydrogens is 486 g/mol. The molecule has 11 nitrogen and oxygen atoms in total. The molecule has 0 bridgehead atoms. The highest BCUT2D eigenvalue weighted by molar-refractivity contribution is 6.30. The number of hydrogen-bond donors (Lipinski definition) is 2. The van der Waals surface area contributed by atoms with E-state index in [1.54, 1.807) is 45.9 Å². The van der Waals surface area contributed by atoms with E-state index in [2.05, 4.69) is 15.4 Å². The number of rotatable bonds is 7. The molecule has 0 unspecified atom stereocenters. The number of anilines is 2. The average Bonchev–Trinajstić information content (AvgIpc) is 3.20. The Hall–Kier alpha value is -3.88. The van der Waals surface area contributed by atoms with Crippen molar-refractivity contribution in [3.05, 3.63) is 52.3 Å². The first-order valence-corrected chi connectivity index (χ1v) is 11.4. The summed E-state index contributed by atoms with van der Waals surface area (Å²) in [4.78, 5) is 31.0. The van der Waals surface area contributed by atoms with E-state index in [0.717, 1.165) is 5.56 Å². The second kappa shape index (κ2) is 10.8. The first-order valence-electron chi connectivity index (χ1n) is 11.1. The van der Waals surface area contributed by atoms with Crippen molar-refractivity contribution in [1.29, 1.82) is 5.26 Å². The highest BCUT2D eigenvalue weighted by atomic mass is 35.5. The van der Waals surface area contributed by atoms with Crippen LogP contribution >= 0.6 is 11.6 Å². The van der Waals surface area contributed by atoms with Gasteiger partial charge in [0, 0.05) is 24.8 Å². The summed E-state index contributed by atoms with van der Waals surface area (Å²) in [5.74, 6) is -0.147. The molecule has 2 amide bonds. The zero-order chi connectivity index (χ0) is 26.6. The van der Waals surface area contributed by atoms with Crippen LogP contribution < -0.4 is 16.0 Å². The maximum Gasteiger partial charge on any atom is 0.415 e. The molecule has 0 aliphatic rings. The number of ether oxygens (including phenoxy) is 2. The lowest BCUT2D eigenvalue weighted by molar-refractivity contribution is 0.0587. The molecule has 12 heteroatoms. The van der Waals surface area contributed by atoms with Gasteiger partial charge in [-0.05, 0) is 51.5 Å². The second-order valence-corrected chi connectivity index (χ2v) is 9.62. The van der Waals surface area contributed by atoms with E-state index in [0.29, 0.717) is 11.3 Å². The van der Waals surface area contributed by atoms with Gasteiger partial charge >= 0.3 is 6.09 Å². The smallest absolute Gasteiger partial charge is 0.415 e. The van der Waals surface area contributed by atoms with E-state index in [9.17, 15) is 9.59 Å². The van der Waals surface area contributed by atoms with Crippen molar-refractivity contribution in [2.75, 3.05) is 24.3 Å². The van der Waals surface area contributed by atoms with Crippen molar-refractivity contribution in [2.45, 2.75) is 45.9 Å². The number of fused-ring (bicyclic) bond motifs is 1. The summed E-state index contributed by atoms with van der Waals surface area (Å²) in [6.45, 7) is 7.50. The van der Waals surface area contributed by atoms with Crippen LogP contribution in [0, 0.1) is 11.3 Å². The average molecular weight is 514 g/mol. The van der Waals surface area contributed by atoms with Gasteiger partial charge in [-0.2, -0.15) is 14.9 Å². The van der Waals surface area contributed by atoms with Gasteiger partial charge in [-0.3, -0.25) is 9.69 Å². The van der Waals surface area contributed by atoms with Crippen molar-refractivity contribution in [2.24, 2.45) is 0 Å². The molecule has 0 aliphatic heterocycles. The fourth-order valence-electron chi connectivity index (χ4n) is 3.30. The first-order chi connectivity index (χ1) is 16.9. The minimum absolute atomic E-state index is 0.0812. The Kier molecular flexibility index (Phi) is 8.02. The van der Waals surface area contributed by atoms with E-state index in [4.69, 9.17) is 32.1 Å². The second-order valence-electron chi connectivity index (χ2n) is 9.23. The number of aromatic nitrogens is 3. The zero-order valence-corrected chi connectivity index (χ0v) is 21.5. The van der Waals surface area contributed by atoms with E-state index < -0.39 is 17.6 Å². The van der Waals surface area contributed by atoms with Crippen LogP contribution in [0.2, 0.25) is 5.15 Å². The number of nitriles is 1. The number of nitrogens with two attached hydrogens (primary N) is 1. The maximum absolute atomic E-state index is 12.9. The van der Waals surface area contributed by atoms with E-state index in [1.165, 1.54) is 28.7 Å². The molecule has 190 valence electrons. The molecule has 0 saturated carbocycles. The summed E-state index contributed by atoms with van der Waals surface area (Å²) in [5.41, 5.74) is 7.15. The van der Waals surface area contributed by atoms with Crippen LogP contribution in [-0.4, -0.2) is 51.9 Å². The van der Waals surface area contributed by atoms with E-state index in [1.807, 2.05) is 6.07 Å². The SMILES string of the molecule is C[C@H](COCc1cc(N)cc(C#N)c1)NC(=O)c1cnn2c(N(C)C(=O)OC(C)(C)C)cc(Cl)nc12. The van der Waals surface area contributed by atoms with Gasteiger partial charge in [-0.25, -0.2) is 9.78 Å². The molecular formula is C24H28ClN7O4. The van der Waals surface area contributed by atoms with Crippen molar-refractivity contribution in [3.63, 3.8) is 0 Å². The van der Waals surface area contributed by atoms with Gasteiger partial charge in [-0.15, -0.1) is 0 Å². The lowest BCUT2D eigenvalue weighted by Crippen LogP contribution is -2.36. The van der Waals surface area contributed by atoms with Crippen LogP contribution in [-0.2, 0) is 16.1 Å². The highest BCUT2D eigenvalue weighted by Crippen LogP contribution is 2.23. The van der Waals surface area contributed by atoms with Gasteiger partial charge in [0.05, 0.1) is 31.0 Å². The van der Waals surface area contributed by atoms with Gasteiger partial charge in [0.2, 0.25) is 0 Å². The number of nitrogens with one attached hydrogen (secondary N) is 1. The molecule has 3 rings (SSSR count). The first kappa shape index (κ1) is 26.7. The van der Waals surface area contributed by atoms with Crippen LogP contribution in [0.1, 0.15) is 49.2 Å². The Bertz CT molecular complexity index is 1330. The number of carbonyl (C=O) groups is 2. The molecule has 1 atom stereocenters. The number of amides is 2. The number of nitrogens with zero attached hydrogens (tertiary/aromatic N) is 5. The van der Waals surface area contributed by atoms with E-state index >= 15 is 0 Å². The van der Waals surface area contributed by atoms with E-state index in [-0.39, 0.29) is 41.4 Å². The fourth-order valence-corrected chi connectivity index (χ4v) is 3.48. The van der Waals surface area contributed by atoms with Crippen LogP contribution in [0.3, 0.4) is 0 Å². The predicted molar refractivity (Wildman–Crippen MR) is 135 cm³/mol. The normalized spacial score (nSPS) is 12.1. The largest absolute Gasteiger partial charge is 0.443 e. The number of benzene rings is 1. The number of carbonyl (C=O) groups excluding carboxylic acids is 2. The number of hydrogen-bond acceptors (Lipinski definition) is 8. The van der Waals surface area contributed by atoms with Crippen LogP contribution in [0.25, 0.3) is 5.65 Å². The minimum atomic E-state index is -0.695. The summed E-state index contributed by atoms with van der Waals surface area (Å²) in [5, 5.41) is 16.2. The highest BCUT2D eigenvalue weighted by Gasteiger charge is 2.25. The molecule has 2 heterocycles. The molecule has 2 aromatic heterocycles. The molecule has 0 radical (unpaired) electrons. The van der Waals surface area contributed by atoms with Crippen LogP contribution in [0.4, 0.5) is 16.3 Å². The number of halogens is 1. The third kappa shape index (κ3) is 6.62. The third-order valence-corrected chi connectivity index (χ3v) is 5.03. The van der Waals surface area contributed by atoms with Crippen molar-refractivity contribution in [3.8, 4) is 6.07 Å². The summed E-state index contributed by atoms with van der Waals surface area (Å²) in [6, 6.07) is 8.16. The lowest BCUT2D eigenvalue weighted by atomic mass is 10.1. The third-order valence-electron chi connectivity index (χ3n) is 4.84. The summed E-state index contributed by atoms with van der Waals surface area (Å²) < 4.78 is 12.4. The molecule has 0 fully saturated rings. The Balaban J connectivity index is 1.69. The van der Waals surface area contributed by atoms with Crippen molar-refractivity contribution < 1.29 is 19.1 Å². The zero-order valence-electron chi connectivity index (χ0n) is 20.7. The molecule has 3 aromatic rings. The predicted octanol–water partition coefficient (Wildman–Crippen LogP) is 3.54. The summed E-state index contributed by atoms with van der Waals surface area (Å²) in [6.07, 6.45) is 0.741. The minimum Gasteiger partial charge on any atom is -0.443 e. The molecule has 0 spiro atoms. The van der Waals surface area contributed by atoms with Gasteiger partial charge in [0.25, 0.3) is 5.91 Å². The van der Waals surface area contributed by atoms with Crippen LogP contribution in [0.15, 0.2) is 30.5 Å².